The van der Waals surface area contributed by atoms with E-state index in [1.807, 2.05) is 24.4 Å². The average molecular weight is 475 g/mol. The van der Waals surface area contributed by atoms with Crippen LogP contribution in [0.25, 0.3) is 16.4 Å². The Morgan fingerprint density at radius 1 is 1.26 bits per heavy atom. The first kappa shape index (κ1) is 21.0. The van der Waals surface area contributed by atoms with Crippen molar-refractivity contribution in [2.24, 2.45) is 17.8 Å². The Bertz CT molecular complexity index is 1140. The van der Waals surface area contributed by atoms with Gasteiger partial charge in [0.15, 0.2) is 0 Å². The van der Waals surface area contributed by atoms with Crippen LogP contribution in [-0.4, -0.2) is 26.7 Å². The summed E-state index contributed by atoms with van der Waals surface area (Å²) in [6.07, 6.45) is 5.23. The molecule has 2 aliphatic rings. The number of halogens is 2. The van der Waals surface area contributed by atoms with Crippen LogP contribution < -0.4 is 5.32 Å². The topological polar surface area (TPSA) is 59.8 Å². The van der Waals surface area contributed by atoms with Crippen LogP contribution in [0.1, 0.15) is 48.8 Å². The Morgan fingerprint density at radius 3 is 2.81 bits per heavy atom. The molecule has 31 heavy (non-hydrogen) atoms. The Balaban J connectivity index is 1.38. The number of rotatable bonds is 5. The molecule has 2 aromatic heterocycles. The van der Waals surface area contributed by atoms with Crippen molar-refractivity contribution in [3.05, 3.63) is 51.1 Å². The molecule has 2 saturated carbocycles. The number of amides is 1. The SMILES string of the molecule is Cc1cc(C(=O)N[C@@H](C)[C@@H]2C[C@H]3CC[C@H]2C3)n(-c2nc(-c3ccc(Cl)cc3Cl)cs2)n1. The fourth-order valence-electron chi connectivity index (χ4n) is 5.28. The van der Waals surface area contributed by atoms with Crippen molar-refractivity contribution >= 4 is 40.4 Å². The lowest BCUT2D eigenvalue weighted by Gasteiger charge is -2.28. The number of carbonyl (C=O) groups excluding carboxylic acids is 1. The Kier molecular flexibility index (Phi) is 5.57. The molecule has 1 amide bonds. The molecule has 1 aromatic carbocycles. The summed E-state index contributed by atoms with van der Waals surface area (Å²) in [6, 6.07) is 7.31. The largest absolute Gasteiger partial charge is 0.348 e. The summed E-state index contributed by atoms with van der Waals surface area (Å²) in [5, 5.41) is 11.4. The minimum absolute atomic E-state index is 0.0999. The molecule has 5 nitrogen and oxygen atoms in total. The predicted molar refractivity (Wildman–Crippen MR) is 125 cm³/mol. The van der Waals surface area contributed by atoms with Gasteiger partial charge < -0.3 is 5.32 Å². The molecule has 5 rings (SSSR count). The molecule has 0 saturated heterocycles. The maximum atomic E-state index is 13.2. The zero-order valence-corrected chi connectivity index (χ0v) is 19.8. The van der Waals surface area contributed by atoms with Gasteiger partial charge in [-0.3, -0.25) is 4.79 Å². The van der Waals surface area contributed by atoms with Crippen LogP contribution in [0.15, 0.2) is 29.6 Å². The quantitative estimate of drug-likeness (QED) is 0.481. The molecule has 0 aliphatic heterocycles. The van der Waals surface area contributed by atoms with Gasteiger partial charge in [-0.05, 0) is 75.1 Å². The van der Waals surface area contributed by atoms with Gasteiger partial charge in [-0.1, -0.05) is 29.6 Å². The molecule has 4 atom stereocenters. The summed E-state index contributed by atoms with van der Waals surface area (Å²) >= 11 is 13.8. The molecule has 8 heteroatoms. The highest BCUT2D eigenvalue weighted by Gasteiger charge is 2.42. The zero-order chi connectivity index (χ0) is 21.7. The lowest BCUT2D eigenvalue weighted by Crippen LogP contribution is -2.40. The first-order valence-corrected chi connectivity index (χ1v) is 12.3. The Labute approximate surface area is 195 Å². The third-order valence-electron chi connectivity index (χ3n) is 6.74. The summed E-state index contributed by atoms with van der Waals surface area (Å²) in [7, 11) is 0. The number of aromatic nitrogens is 3. The van der Waals surface area contributed by atoms with Crippen molar-refractivity contribution in [3.63, 3.8) is 0 Å². The molecule has 0 spiro atoms. The number of nitrogens with zero attached hydrogens (tertiary/aromatic N) is 3. The van der Waals surface area contributed by atoms with Crippen LogP contribution in [0, 0.1) is 24.7 Å². The summed E-state index contributed by atoms with van der Waals surface area (Å²) < 4.78 is 1.64. The first-order chi connectivity index (χ1) is 14.9. The maximum absolute atomic E-state index is 13.2. The average Bonchev–Trinajstić information content (AvgIpc) is 3.51. The molecule has 3 aromatic rings. The van der Waals surface area contributed by atoms with Crippen LogP contribution in [0.5, 0.6) is 0 Å². The first-order valence-electron chi connectivity index (χ1n) is 10.7. The highest BCUT2D eigenvalue weighted by atomic mass is 35.5. The molecule has 2 heterocycles. The van der Waals surface area contributed by atoms with E-state index in [2.05, 4.69) is 17.3 Å². The van der Waals surface area contributed by atoms with Crippen molar-refractivity contribution < 1.29 is 4.79 Å². The van der Waals surface area contributed by atoms with Crippen LogP contribution in [0.4, 0.5) is 0 Å². The molecular formula is C23H24Cl2N4OS. The molecule has 2 fully saturated rings. The number of hydrogen-bond acceptors (Lipinski definition) is 4. The van der Waals surface area contributed by atoms with Crippen molar-refractivity contribution in [1.29, 1.82) is 0 Å². The van der Waals surface area contributed by atoms with E-state index in [1.165, 1.54) is 37.0 Å². The van der Waals surface area contributed by atoms with Gasteiger partial charge in [0, 0.05) is 22.0 Å². The molecule has 2 bridgehead atoms. The smallest absolute Gasteiger partial charge is 0.270 e. The molecule has 0 radical (unpaired) electrons. The van der Waals surface area contributed by atoms with Gasteiger partial charge in [0.1, 0.15) is 5.69 Å². The number of carbonyl (C=O) groups is 1. The van der Waals surface area contributed by atoms with Crippen molar-refractivity contribution in [2.75, 3.05) is 0 Å². The fraction of sp³-hybridized carbons (Fsp3) is 0.435. The van der Waals surface area contributed by atoms with E-state index in [1.54, 1.807) is 16.8 Å². The van der Waals surface area contributed by atoms with E-state index >= 15 is 0 Å². The second-order valence-electron chi connectivity index (χ2n) is 8.82. The van der Waals surface area contributed by atoms with Crippen LogP contribution in [0.2, 0.25) is 10.0 Å². The molecule has 162 valence electrons. The van der Waals surface area contributed by atoms with E-state index in [9.17, 15) is 4.79 Å². The van der Waals surface area contributed by atoms with E-state index in [4.69, 9.17) is 28.2 Å². The third-order valence-corrected chi connectivity index (χ3v) is 8.10. The minimum Gasteiger partial charge on any atom is -0.348 e. The molecule has 0 unspecified atom stereocenters. The maximum Gasteiger partial charge on any atom is 0.270 e. The van der Waals surface area contributed by atoms with Crippen molar-refractivity contribution in [2.45, 2.75) is 45.6 Å². The second-order valence-corrected chi connectivity index (χ2v) is 10.5. The number of fused-ring (bicyclic) bond motifs is 2. The van der Waals surface area contributed by atoms with Gasteiger partial charge in [-0.2, -0.15) is 5.10 Å². The summed E-state index contributed by atoms with van der Waals surface area (Å²) in [4.78, 5) is 17.9. The highest BCUT2D eigenvalue weighted by molar-refractivity contribution is 7.12. The minimum atomic E-state index is -0.0999. The van der Waals surface area contributed by atoms with Crippen LogP contribution >= 0.6 is 34.5 Å². The number of hydrogen-bond donors (Lipinski definition) is 1. The zero-order valence-electron chi connectivity index (χ0n) is 17.4. The van der Waals surface area contributed by atoms with Gasteiger partial charge in [-0.15, -0.1) is 11.3 Å². The lowest BCUT2D eigenvalue weighted by atomic mass is 9.84. The summed E-state index contributed by atoms with van der Waals surface area (Å²) in [6.45, 7) is 4.03. The Morgan fingerprint density at radius 2 is 2.10 bits per heavy atom. The van der Waals surface area contributed by atoms with Gasteiger partial charge in [0.2, 0.25) is 5.13 Å². The number of thiazole rings is 1. The number of benzene rings is 1. The number of nitrogens with one attached hydrogen (secondary N) is 1. The fourth-order valence-corrected chi connectivity index (χ4v) is 6.58. The van der Waals surface area contributed by atoms with Gasteiger partial charge in [-0.25, -0.2) is 9.67 Å². The lowest BCUT2D eigenvalue weighted by molar-refractivity contribution is 0.0907. The molecule has 2 aliphatic carbocycles. The molecular weight excluding hydrogens is 451 g/mol. The Hall–Kier alpha value is -1.89. The normalized spacial score (nSPS) is 23.3. The van der Waals surface area contributed by atoms with E-state index < -0.39 is 0 Å². The van der Waals surface area contributed by atoms with E-state index in [0.29, 0.717) is 26.8 Å². The van der Waals surface area contributed by atoms with Crippen LogP contribution in [-0.2, 0) is 0 Å². The standard InChI is InChI=1S/C23H24Cl2N4OS/c1-12-7-21(22(30)26-13(2)18-9-14-3-4-15(18)8-14)29(28-12)23-27-20(11-31-23)17-6-5-16(24)10-19(17)25/h5-7,10-11,13-15,18H,3-4,8-9H2,1-2H3,(H,26,30)/t13-,14-,15-,18-/m0/s1. The van der Waals surface area contributed by atoms with E-state index in [-0.39, 0.29) is 11.9 Å². The van der Waals surface area contributed by atoms with E-state index in [0.717, 1.165) is 28.8 Å². The number of aryl methyl sites for hydroxylation is 1. The monoisotopic (exact) mass is 474 g/mol. The van der Waals surface area contributed by atoms with Gasteiger partial charge >= 0.3 is 0 Å². The van der Waals surface area contributed by atoms with Gasteiger partial charge in [0.05, 0.1) is 16.4 Å². The summed E-state index contributed by atoms with van der Waals surface area (Å²) in [5.74, 6) is 2.10. The predicted octanol–water partition coefficient (Wildman–Crippen LogP) is 6.17. The summed E-state index contributed by atoms with van der Waals surface area (Å²) in [5.41, 5.74) is 2.82. The third kappa shape index (κ3) is 4.01. The van der Waals surface area contributed by atoms with Crippen molar-refractivity contribution in [3.8, 4) is 16.4 Å². The second kappa shape index (κ2) is 8.23. The van der Waals surface area contributed by atoms with Gasteiger partial charge in [0.25, 0.3) is 5.91 Å². The van der Waals surface area contributed by atoms with Crippen molar-refractivity contribution in [1.82, 2.24) is 20.1 Å². The molecule has 1 N–H and O–H groups in total. The highest BCUT2D eigenvalue weighted by Crippen LogP contribution is 2.49. The van der Waals surface area contributed by atoms with Crippen LogP contribution in [0.3, 0.4) is 0 Å².